The first-order chi connectivity index (χ1) is 13.1. The van der Waals surface area contributed by atoms with Crippen molar-refractivity contribution < 1.29 is 14.3 Å². The molecule has 138 valence electrons. The molecule has 1 amide bonds. The van der Waals surface area contributed by atoms with Crippen LogP contribution in [0.4, 0.5) is 0 Å². The fourth-order valence-electron chi connectivity index (χ4n) is 3.63. The SMILES string of the molecule is NC1C(=O)N2C(C(=O)OC(c3ccccc3)c3ccccc3)=CCC(S)C12. The Morgan fingerprint density at radius 2 is 1.63 bits per heavy atom. The molecular weight excluding hydrogens is 360 g/mol. The van der Waals surface area contributed by atoms with Crippen molar-refractivity contribution in [3.63, 3.8) is 0 Å². The van der Waals surface area contributed by atoms with Crippen molar-refractivity contribution in [2.24, 2.45) is 5.73 Å². The number of β-lactam (4-membered cyclic amide) rings is 1. The number of nitrogens with two attached hydrogens (primary N) is 1. The highest BCUT2D eigenvalue weighted by Crippen LogP contribution is 2.36. The van der Waals surface area contributed by atoms with Crippen molar-refractivity contribution in [3.05, 3.63) is 83.6 Å². The lowest BCUT2D eigenvalue weighted by Crippen LogP contribution is -2.72. The van der Waals surface area contributed by atoms with Crippen molar-refractivity contribution in [2.45, 2.75) is 29.9 Å². The van der Waals surface area contributed by atoms with Crippen LogP contribution in [0, 0.1) is 0 Å². The van der Waals surface area contributed by atoms with Gasteiger partial charge in [-0.05, 0) is 17.5 Å². The van der Waals surface area contributed by atoms with Gasteiger partial charge in [0.2, 0.25) is 5.91 Å². The third-order valence-electron chi connectivity index (χ3n) is 5.03. The van der Waals surface area contributed by atoms with E-state index < -0.39 is 18.1 Å². The second kappa shape index (κ2) is 7.21. The first kappa shape index (κ1) is 17.8. The molecule has 2 aliphatic rings. The van der Waals surface area contributed by atoms with Gasteiger partial charge in [-0.2, -0.15) is 12.6 Å². The maximum atomic E-state index is 13.0. The van der Waals surface area contributed by atoms with Gasteiger partial charge < -0.3 is 10.5 Å². The Kier molecular flexibility index (Phi) is 4.76. The van der Waals surface area contributed by atoms with Crippen molar-refractivity contribution in [3.8, 4) is 0 Å². The van der Waals surface area contributed by atoms with E-state index in [1.807, 2.05) is 60.7 Å². The van der Waals surface area contributed by atoms with Gasteiger partial charge in [0, 0.05) is 5.25 Å². The molecule has 2 aromatic carbocycles. The summed E-state index contributed by atoms with van der Waals surface area (Å²) < 4.78 is 5.87. The molecule has 0 radical (unpaired) electrons. The highest BCUT2D eigenvalue weighted by Gasteiger charge is 2.53. The van der Waals surface area contributed by atoms with Crippen LogP contribution in [0.25, 0.3) is 0 Å². The van der Waals surface area contributed by atoms with Gasteiger partial charge in [-0.15, -0.1) is 0 Å². The number of esters is 1. The van der Waals surface area contributed by atoms with Gasteiger partial charge in [0.15, 0.2) is 6.10 Å². The van der Waals surface area contributed by atoms with Crippen LogP contribution >= 0.6 is 12.6 Å². The number of carbonyl (C=O) groups excluding carboxylic acids is 2. The largest absolute Gasteiger partial charge is 0.448 e. The molecule has 3 atom stereocenters. The number of allylic oxidation sites excluding steroid dienone is 1. The number of hydrogen-bond donors (Lipinski definition) is 2. The van der Waals surface area contributed by atoms with Gasteiger partial charge in [-0.1, -0.05) is 66.7 Å². The van der Waals surface area contributed by atoms with E-state index in [4.69, 9.17) is 10.5 Å². The maximum Gasteiger partial charge on any atom is 0.355 e. The molecule has 2 N–H and O–H groups in total. The van der Waals surface area contributed by atoms with Crippen LogP contribution in [0.3, 0.4) is 0 Å². The molecule has 1 saturated heterocycles. The lowest BCUT2D eigenvalue weighted by Gasteiger charge is -2.50. The average Bonchev–Trinajstić information content (AvgIpc) is 2.72. The molecule has 2 aliphatic heterocycles. The number of ether oxygens (including phenoxy) is 1. The Labute approximate surface area is 163 Å². The molecule has 0 saturated carbocycles. The fourth-order valence-corrected chi connectivity index (χ4v) is 4.05. The molecule has 0 aromatic heterocycles. The molecule has 0 spiro atoms. The first-order valence-corrected chi connectivity index (χ1v) is 9.37. The van der Waals surface area contributed by atoms with E-state index >= 15 is 0 Å². The third kappa shape index (κ3) is 3.15. The Morgan fingerprint density at radius 1 is 1.07 bits per heavy atom. The number of carbonyl (C=O) groups is 2. The van der Waals surface area contributed by atoms with Gasteiger partial charge in [-0.3, -0.25) is 9.69 Å². The summed E-state index contributed by atoms with van der Waals surface area (Å²) in [7, 11) is 0. The minimum absolute atomic E-state index is 0.0757. The Balaban J connectivity index is 1.62. The topological polar surface area (TPSA) is 72.6 Å². The predicted molar refractivity (Wildman–Crippen MR) is 105 cm³/mol. The second-order valence-electron chi connectivity index (χ2n) is 6.72. The van der Waals surface area contributed by atoms with Crippen molar-refractivity contribution in [2.75, 3.05) is 0 Å². The summed E-state index contributed by atoms with van der Waals surface area (Å²) in [6.07, 6.45) is 1.72. The number of hydrogen-bond acceptors (Lipinski definition) is 5. The second-order valence-corrected chi connectivity index (χ2v) is 7.39. The molecule has 4 rings (SSSR count). The van der Waals surface area contributed by atoms with Crippen molar-refractivity contribution >= 4 is 24.5 Å². The van der Waals surface area contributed by atoms with E-state index in [1.54, 1.807) is 6.08 Å². The normalized spacial score (nSPS) is 24.1. The molecule has 5 nitrogen and oxygen atoms in total. The van der Waals surface area contributed by atoms with Crippen LogP contribution in [0.5, 0.6) is 0 Å². The smallest absolute Gasteiger partial charge is 0.355 e. The van der Waals surface area contributed by atoms with Crippen molar-refractivity contribution in [1.29, 1.82) is 0 Å². The van der Waals surface area contributed by atoms with Crippen LogP contribution in [0.1, 0.15) is 23.7 Å². The van der Waals surface area contributed by atoms with E-state index in [2.05, 4.69) is 12.6 Å². The van der Waals surface area contributed by atoms with Crippen LogP contribution in [0.2, 0.25) is 0 Å². The molecule has 6 heteroatoms. The van der Waals surface area contributed by atoms with Crippen LogP contribution in [0.15, 0.2) is 72.4 Å². The quantitative estimate of drug-likeness (QED) is 0.486. The average molecular weight is 380 g/mol. The lowest BCUT2D eigenvalue weighted by molar-refractivity contribution is -0.156. The summed E-state index contributed by atoms with van der Waals surface area (Å²) in [4.78, 5) is 26.6. The van der Waals surface area contributed by atoms with E-state index in [9.17, 15) is 9.59 Å². The monoisotopic (exact) mass is 380 g/mol. The molecule has 2 heterocycles. The standard InChI is InChI=1S/C21H20N2O3S/c22-17-18-16(27)12-11-15(23(18)20(17)24)21(25)26-19(13-7-3-1-4-8-13)14-9-5-2-6-10-14/h1-11,16-19,27H,12,22H2. The minimum atomic E-state index is -0.608. The Morgan fingerprint density at radius 3 is 2.19 bits per heavy atom. The van der Waals surface area contributed by atoms with Gasteiger partial charge in [0.1, 0.15) is 11.7 Å². The highest BCUT2D eigenvalue weighted by atomic mass is 32.1. The number of rotatable bonds is 4. The van der Waals surface area contributed by atoms with Gasteiger partial charge in [-0.25, -0.2) is 4.79 Å². The Hall–Kier alpha value is -2.57. The molecule has 27 heavy (non-hydrogen) atoms. The number of benzene rings is 2. The molecular formula is C21H20N2O3S. The summed E-state index contributed by atoms with van der Waals surface area (Å²) in [5, 5.41) is -0.0757. The van der Waals surface area contributed by atoms with Crippen LogP contribution in [-0.2, 0) is 14.3 Å². The summed E-state index contributed by atoms with van der Waals surface area (Å²) in [5.41, 5.74) is 7.88. The van der Waals surface area contributed by atoms with Gasteiger partial charge >= 0.3 is 5.97 Å². The molecule has 2 aromatic rings. The number of thiol groups is 1. The number of fused-ring (bicyclic) bond motifs is 1. The Bertz CT molecular complexity index is 845. The lowest BCUT2D eigenvalue weighted by atomic mass is 9.87. The van der Waals surface area contributed by atoms with E-state index in [0.29, 0.717) is 6.42 Å². The van der Waals surface area contributed by atoms with Crippen LogP contribution in [-0.4, -0.2) is 34.1 Å². The fraction of sp³-hybridized carbons (Fsp3) is 0.238. The number of amides is 1. The number of nitrogens with zero attached hydrogens (tertiary/aromatic N) is 1. The van der Waals surface area contributed by atoms with Gasteiger partial charge in [0.05, 0.1) is 6.04 Å². The van der Waals surface area contributed by atoms with E-state index in [0.717, 1.165) is 11.1 Å². The maximum absolute atomic E-state index is 13.0. The summed E-state index contributed by atoms with van der Waals surface area (Å²) in [5.74, 6) is -0.795. The zero-order valence-electron chi connectivity index (χ0n) is 14.6. The summed E-state index contributed by atoms with van der Waals surface area (Å²) in [6.45, 7) is 0. The molecule has 0 aliphatic carbocycles. The molecule has 0 bridgehead atoms. The predicted octanol–water partition coefficient (Wildman–Crippen LogP) is 2.44. The highest BCUT2D eigenvalue weighted by molar-refractivity contribution is 7.81. The van der Waals surface area contributed by atoms with Gasteiger partial charge in [0.25, 0.3) is 0 Å². The minimum Gasteiger partial charge on any atom is -0.448 e. The zero-order chi connectivity index (χ0) is 19.0. The molecule has 1 fully saturated rings. The van der Waals surface area contributed by atoms with Crippen molar-refractivity contribution in [1.82, 2.24) is 4.90 Å². The van der Waals surface area contributed by atoms with E-state index in [-0.39, 0.29) is 22.9 Å². The van der Waals surface area contributed by atoms with E-state index in [1.165, 1.54) is 4.90 Å². The molecule has 3 unspecified atom stereocenters. The summed E-state index contributed by atoms with van der Waals surface area (Å²) in [6, 6.07) is 18.2. The van der Waals surface area contributed by atoms with Crippen LogP contribution < -0.4 is 5.73 Å². The zero-order valence-corrected chi connectivity index (χ0v) is 15.5. The first-order valence-electron chi connectivity index (χ1n) is 8.85. The summed E-state index contributed by atoms with van der Waals surface area (Å²) >= 11 is 4.49. The third-order valence-corrected chi connectivity index (χ3v) is 5.55.